The molecule has 0 radical (unpaired) electrons. The molecule has 6 heteroatoms. The van der Waals surface area contributed by atoms with Gasteiger partial charge in [0.15, 0.2) is 0 Å². The lowest BCUT2D eigenvalue weighted by atomic mass is 9.76. The van der Waals surface area contributed by atoms with E-state index in [-0.39, 0.29) is 17.2 Å². The molecule has 0 N–H and O–H groups in total. The van der Waals surface area contributed by atoms with Crippen molar-refractivity contribution in [3.8, 4) is 0 Å². The Morgan fingerprint density at radius 2 is 2.12 bits per heavy atom. The summed E-state index contributed by atoms with van der Waals surface area (Å²) in [6.07, 6.45) is 7.56. The quantitative estimate of drug-likeness (QED) is 0.852. The van der Waals surface area contributed by atoms with Gasteiger partial charge in [-0.25, -0.2) is 8.78 Å². The molecular formula is C18H23F2N3O. The lowest BCUT2D eigenvalue weighted by Gasteiger charge is -2.42. The van der Waals surface area contributed by atoms with Gasteiger partial charge in [-0.2, -0.15) is 0 Å². The molecule has 3 aliphatic rings. The van der Waals surface area contributed by atoms with E-state index in [0.717, 1.165) is 45.3 Å². The Kier molecular flexibility index (Phi) is 3.82. The van der Waals surface area contributed by atoms with Gasteiger partial charge in [-0.3, -0.25) is 14.7 Å². The highest BCUT2D eigenvalue weighted by atomic mass is 19.3. The molecular weight excluding hydrogens is 312 g/mol. The number of hydrogen-bond acceptors (Lipinski definition) is 3. The van der Waals surface area contributed by atoms with Gasteiger partial charge in [0.05, 0.1) is 13.1 Å². The number of carbonyl (C=O) groups excluding carboxylic acids is 1. The second kappa shape index (κ2) is 5.76. The van der Waals surface area contributed by atoms with Crippen molar-refractivity contribution in [2.24, 2.45) is 11.3 Å². The topological polar surface area (TPSA) is 36.4 Å². The number of halogens is 2. The molecule has 1 saturated carbocycles. The molecule has 1 spiro atoms. The predicted octanol–water partition coefficient (Wildman–Crippen LogP) is 2.55. The monoisotopic (exact) mass is 335 g/mol. The Bertz CT molecular complexity index is 616. The molecule has 1 aliphatic carbocycles. The molecule has 4 nitrogen and oxygen atoms in total. The first-order valence-electron chi connectivity index (χ1n) is 8.75. The average molecular weight is 335 g/mol. The smallest absolute Gasteiger partial charge is 0.282 e. The summed E-state index contributed by atoms with van der Waals surface area (Å²) in [5, 5.41) is 0. The summed E-state index contributed by atoms with van der Waals surface area (Å²) in [4.78, 5) is 20.6. The SMILES string of the molecule is O=C([C@H]1CCC[C@@]12CCN(Cc1cccnc1)C2)N1CC(F)(F)C1. The van der Waals surface area contributed by atoms with Crippen molar-refractivity contribution < 1.29 is 13.6 Å². The Labute approximate surface area is 140 Å². The fourth-order valence-corrected chi connectivity index (χ4v) is 4.77. The molecule has 3 heterocycles. The Balaban J connectivity index is 1.42. The van der Waals surface area contributed by atoms with Gasteiger partial charge in [-0.15, -0.1) is 0 Å². The number of amides is 1. The van der Waals surface area contributed by atoms with E-state index >= 15 is 0 Å². The Hall–Kier alpha value is -1.56. The standard InChI is InChI=1S/C18H23F2N3O/c19-18(20)12-23(13-18)16(24)15-4-1-5-17(15)6-8-22(11-17)10-14-3-2-7-21-9-14/h2-3,7,9,15H,1,4-6,8,10-13H2/t15-,17+/m1/s1. The third-order valence-corrected chi connectivity index (χ3v) is 5.95. The molecule has 0 unspecified atom stereocenters. The number of alkyl halides is 2. The van der Waals surface area contributed by atoms with Gasteiger partial charge in [-0.05, 0) is 42.9 Å². The first-order chi connectivity index (χ1) is 11.5. The van der Waals surface area contributed by atoms with Crippen LogP contribution in [0.15, 0.2) is 24.5 Å². The van der Waals surface area contributed by atoms with E-state index in [9.17, 15) is 13.6 Å². The van der Waals surface area contributed by atoms with Crippen LogP contribution in [-0.4, -0.2) is 52.8 Å². The lowest BCUT2D eigenvalue weighted by Crippen LogP contribution is -2.60. The first kappa shape index (κ1) is 15.9. The maximum Gasteiger partial charge on any atom is 0.282 e. The maximum atomic E-state index is 13.1. The number of rotatable bonds is 3. The van der Waals surface area contributed by atoms with Gasteiger partial charge < -0.3 is 4.90 Å². The summed E-state index contributed by atoms with van der Waals surface area (Å²) < 4.78 is 26.2. The van der Waals surface area contributed by atoms with Gasteiger partial charge in [-0.1, -0.05) is 12.5 Å². The first-order valence-corrected chi connectivity index (χ1v) is 8.75. The minimum Gasteiger partial charge on any atom is -0.330 e. The Morgan fingerprint density at radius 1 is 1.29 bits per heavy atom. The molecule has 1 aromatic heterocycles. The van der Waals surface area contributed by atoms with Crippen LogP contribution in [0.1, 0.15) is 31.2 Å². The summed E-state index contributed by atoms with van der Waals surface area (Å²) in [6, 6.07) is 4.00. The molecule has 24 heavy (non-hydrogen) atoms. The summed E-state index contributed by atoms with van der Waals surface area (Å²) in [7, 11) is 0. The van der Waals surface area contributed by atoms with Crippen LogP contribution in [0.5, 0.6) is 0 Å². The highest BCUT2D eigenvalue weighted by molar-refractivity contribution is 5.81. The van der Waals surface area contributed by atoms with E-state index in [1.165, 1.54) is 10.5 Å². The van der Waals surface area contributed by atoms with E-state index in [0.29, 0.717) is 0 Å². The Morgan fingerprint density at radius 3 is 2.83 bits per heavy atom. The van der Waals surface area contributed by atoms with E-state index in [1.54, 1.807) is 6.20 Å². The number of nitrogens with zero attached hydrogens (tertiary/aromatic N) is 3. The highest BCUT2D eigenvalue weighted by Crippen LogP contribution is 2.51. The van der Waals surface area contributed by atoms with Crippen molar-refractivity contribution in [2.75, 3.05) is 26.2 Å². The maximum absolute atomic E-state index is 13.1. The van der Waals surface area contributed by atoms with Crippen LogP contribution in [0.4, 0.5) is 8.78 Å². The second-order valence-corrected chi connectivity index (χ2v) is 7.68. The van der Waals surface area contributed by atoms with E-state index in [4.69, 9.17) is 0 Å². The summed E-state index contributed by atoms with van der Waals surface area (Å²) in [6.45, 7) is 1.92. The van der Waals surface area contributed by atoms with Crippen molar-refractivity contribution in [3.05, 3.63) is 30.1 Å². The minimum atomic E-state index is -2.68. The molecule has 130 valence electrons. The number of pyridine rings is 1. The number of likely N-dealkylation sites (tertiary alicyclic amines) is 2. The highest BCUT2D eigenvalue weighted by Gasteiger charge is 2.55. The lowest BCUT2D eigenvalue weighted by molar-refractivity contribution is -0.172. The molecule has 3 fully saturated rings. The van der Waals surface area contributed by atoms with Gasteiger partial charge in [0, 0.05) is 31.4 Å². The van der Waals surface area contributed by atoms with Crippen molar-refractivity contribution in [1.29, 1.82) is 0 Å². The number of aromatic nitrogens is 1. The molecule has 0 aromatic carbocycles. The summed E-state index contributed by atoms with van der Waals surface area (Å²) in [5.74, 6) is -2.79. The third kappa shape index (κ3) is 2.81. The van der Waals surface area contributed by atoms with Gasteiger partial charge >= 0.3 is 0 Å². The molecule has 2 aliphatic heterocycles. The summed E-state index contributed by atoms with van der Waals surface area (Å²) in [5.41, 5.74) is 1.17. The van der Waals surface area contributed by atoms with E-state index in [2.05, 4.69) is 16.0 Å². The minimum absolute atomic E-state index is 0.00975. The molecule has 2 saturated heterocycles. The summed E-state index contributed by atoms with van der Waals surface area (Å²) >= 11 is 0. The normalized spacial score (nSPS) is 32.2. The van der Waals surface area contributed by atoms with Gasteiger partial charge in [0.25, 0.3) is 5.92 Å². The number of hydrogen-bond donors (Lipinski definition) is 0. The van der Waals surface area contributed by atoms with E-state index < -0.39 is 19.0 Å². The predicted molar refractivity (Wildman–Crippen MR) is 85.4 cm³/mol. The zero-order valence-electron chi connectivity index (χ0n) is 13.8. The van der Waals surface area contributed by atoms with Crippen LogP contribution in [0.2, 0.25) is 0 Å². The van der Waals surface area contributed by atoms with Crippen molar-refractivity contribution in [2.45, 2.75) is 38.2 Å². The average Bonchev–Trinajstić information content (AvgIpc) is 3.13. The van der Waals surface area contributed by atoms with Crippen LogP contribution in [0.3, 0.4) is 0 Å². The zero-order valence-corrected chi connectivity index (χ0v) is 13.8. The fourth-order valence-electron chi connectivity index (χ4n) is 4.77. The van der Waals surface area contributed by atoms with Crippen LogP contribution in [0, 0.1) is 11.3 Å². The van der Waals surface area contributed by atoms with Crippen LogP contribution in [-0.2, 0) is 11.3 Å². The van der Waals surface area contributed by atoms with Crippen molar-refractivity contribution in [3.63, 3.8) is 0 Å². The molecule has 0 bridgehead atoms. The van der Waals surface area contributed by atoms with Crippen molar-refractivity contribution in [1.82, 2.24) is 14.8 Å². The van der Waals surface area contributed by atoms with Crippen molar-refractivity contribution >= 4 is 5.91 Å². The molecule has 1 aromatic rings. The largest absolute Gasteiger partial charge is 0.330 e. The second-order valence-electron chi connectivity index (χ2n) is 7.68. The number of carbonyl (C=O) groups is 1. The fraction of sp³-hybridized carbons (Fsp3) is 0.667. The zero-order chi connectivity index (χ0) is 16.8. The molecule has 2 atom stereocenters. The van der Waals surface area contributed by atoms with Crippen LogP contribution in [0.25, 0.3) is 0 Å². The van der Waals surface area contributed by atoms with Crippen LogP contribution < -0.4 is 0 Å². The molecule has 1 amide bonds. The van der Waals surface area contributed by atoms with Crippen LogP contribution >= 0.6 is 0 Å². The van der Waals surface area contributed by atoms with Gasteiger partial charge in [0.2, 0.25) is 5.91 Å². The molecule has 4 rings (SSSR count). The van der Waals surface area contributed by atoms with E-state index in [1.807, 2.05) is 12.3 Å². The van der Waals surface area contributed by atoms with Gasteiger partial charge in [0.1, 0.15) is 0 Å². The third-order valence-electron chi connectivity index (χ3n) is 5.95.